The molecule has 0 unspecified atom stereocenters. The van der Waals surface area contributed by atoms with Crippen LogP contribution < -0.4 is 16.4 Å². The Morgan fingerprint density at radius 3 is 2.29 bits per heavy atom. The topological polar surface area (TPSA) is 142 Å². The fourth-order valence-electron chi connectivity index (χ4n) is 1.22. The number of carbonyl (C=O) groups is 3. The Bertz CT molecular complexity index is 392. The maximum atomic E-state index is 11.8. The molecule has 0 aromatic carbocycles. The summed E-state index contributed by atoms with van der Waals surface area (Å²) < 4.78 is -1.15. The van der Waals surface area contributed by atoms with Crippen LogP contribution in [0.1, 0.15) is 19.8 Å². The number of aliphatic hydroxyl groups is 1. The molecule has 0 aliphatic heterocycles. The molecule has 0 spiro atoms. The predicted octanol–water partition coefficient (Wildman–Crippen LogP) is -1.03. The molecule has 10 heteroatoms. The third-order valence-corrected chi connectivity index (χ3v) is 3.39. The lowest BCUT2D eigenvalue weighted by atomic mass is 10.2. The van der Waals surface area contributed by atoms with Gasteiger partial charge < -0.3 is 26.6 Å². The van der Waals surface area contributed by atoms with Crippen molar-refractivity contribution in [1.82, 2.24) is 10.6 Å². The number of nitrogens with one attached hydrogen (secondary N) is 2. The van der Waals surface area contributed by atoms with Gasteiger partial charge in [-0.25, -0.2) is 0 Å². The van der Waals surface area contributed by atoms with Crippen LogP contribution in [0.5, 0.6) is 0 Å². The van der Waals surface area contributed by atoms with Crippen LogP contribution in [0, 0.1) is 0 Å². The van der Waals surface area contributed by atoms with Crippen LogP contribution in [0.25, 0.3) is 0 Å². The molecule has 0 aliphatic rings. The maximum absolute atomic E-state index is 11.8. The van der Waals surface area contributed by atoms with Gasteiger partial charge in [0.1, 0.15) is 10.4 Å². The van der Waals surface area contributed by atoms with Gasteiger partial charge in [0.2, 0.25) is 11.8 Å². The van der Waals surface area contributed by atoms with Gasteiger partial charge in [-0.2, -0.15) is 0 Å². The molecule has 122 valence electrons. The molecule has 0 radical (unpaired) electrons. The second-order valence-electron chi connectivity index (χ2n) is 4.38. The molecule has 0 saturated heterocycles. The van der Waals surface area contributed by atoms with E-state index in [4.69, 9.17) is 39.1 Å². The number of halogens is 2. The second-order valence-corrected chi connectivity index (χ2v) is 6.02. The lowest BCUT2D eigenvalue weighted by molar-refractivity contribution is -0.139. The molecule has 0 heterocycles. The Morgan fingerprint density at radius 1 is 1.29 bits per heavy atom. The largest absolute Gasteiger partial charge is 0.481 e. The monoisotopic (exact) mass is 343 g/mol. The first-order chi connectivity index (χ1) is 9.62. The normalized spacial score (nSPS) is 14.1. The number of carboxylic acid groups (broad SMARTS) is 1. The van der Waals surface area contributed by atoms with Crippen molar-refractivity contribution in [3.63, 3.8) is 0 Å². The number of hydrogen-bond acceptors (Lipinski definition) is 5. The molecule has 8 nitrogen and oxygen atoms in total. The molecule has 0 bridgehead atoms. The van der Waals surface area contributed by atoms with Crippen LogP contribution in [-0.4, -0.2) is 57.6 Å². The zero-order valence-electron chi connectivity index (χ0n) is 11.4. The summed E-state index contributed by atoms with van der Waals surface area (Å²) in [6, 6.07) is -2.58. The van der Waals surface area contributed by atoms with Gasteiger partial charge in [-0.3, -0.25) is 14.4 Å². The number of carbonyl (C=O) groups excluding carboxylic acids is 2. The summed E-state index contributed by atoms with van der Waals surface area (Å²) in [5.74, 6) is -2.81. The highest BCUT2D eigenvalue weighted by atomic mass is 35.5. The molecule has 2 atom stereocenters. The van der Waals surface area contributed by atoms with Crippen molar-refractivity contribution in [3.8, 4) is 0 Å². The van der Waals surface area contributed by atoms with Crippen molar-refractivity contribution in [2.75, 3.05) is 13.2 Å². The smallest absolute Gasteiger partial charge is 0.305 e. The van der Waals surface area contributed by atoms with Gasteiger partial charge in [0.25, 0.3) is 0 Å². The van der Waals surface area contributed by atoms with Crippen LogP contribution in [-0.2, 0) is 14.4 Å². The Kier molecular flexibility index (Phi) is 8.57. The van der Waals surface area contributed by atoms with Crippen molar-refractivity contribution in [2.45, 2.75) is 36.2 Å². The van der Waals surface area contributed by atoms with E-state index in [-0.39, 0.29) is 6.54 Å². The highest BCUT2D eigenvalue weighted by molar-refractivity contribution is 6.48. The number of hydrogen-bond donors (Lipinski definition) is 5. The van der Waals surface area contributed by atoms with Gasteiger partial charge in [0.15, 0.2) is 0 Å². The maximum Gasteiger partial charge on any atom is 0.305 e. The van der Waals surface area contributed by atoms with Gasteiger partial charge in [-0.15, -0.1) is 0 Å². The number of rotatable bonds is 9. The third kappa shape index (κ3) is 8.05. The van der Waals surface area contributed by atoms with Gasteiger partial charge in [0, 0.05) is 0 Å². The summed E-state index contributed by atoms with van der Waals surface area (Å²) in [7, 11) is 0. The molecular weight excluding hydrogens is 325 g/mol. The first-order valence-corrected chi connectivity index (χ1v) is 6.92. The molecule has 2 amide bonds. The highest BCUT2D eigenvalue weighted by Gasteiger charge is 2.27. The SMILES string of the molecule is CCC(Cl)(Cl)CNC(=O)[C@@H](CO)NC(=O)[C@@H](N)CC(=O)O. The van der Waals surface area contributed by atoms with E-state index in [9.17, 15) is 14.4 Å². The lowest BCUT2D eigenvalue weighted by Gasteiger charge is -2.21. The van der Waals surface area contributed by atoms with Crippen molar-refractivity contribution >= 4 is 41.0 Å². The van der Waals surface area contributed by atoms with Crippen LogP contribution in [0.2, 0.25) is 0 Å². The van der Waals surface area contributed by atoms with Gasteiger partial charge >= 0.3 is 5.97 Å². The number of nitrogens with two attached hydrogens (primary N) is 1. The van der Waals surface area contributed by atoms with E-state index in [1.807, 2.05) is 0 Å². The molecule has 21 heavy (non-hydrogen) atoms. The van der Waals surface area contributed by atoms with E-state index in [0.717, 1.165) is 0 Å². The highest BCUT2D eigenvalue weighted by Crippen LogP contribution is 2.23. The summed E-state index contributed by atoms with van der Waals surface area (Å²) >= 11 is 11.7. The fraction of sp³-hybridized carbons (Fsp3) is 0.727. The number of alkyl halides is 2. The molecule has 0 aliphatic carbocycles. The summed E-state index contributed by atoms with van der Waals surface area (Å²) in [5, 5.41) is 22.1. The standard InChI is InChI=1S/C11H19Cl2N3O5/c1-2-11(12,13)5-15-10(21)7(4-17)16-9(20)6(14)3-8(18)19/h6-7,17H,2-5,14H2,1H3,(H,15,21)(H,16,20)(H,18,19)/t6-,7+/m0/s1. The van der Waals surface area contributed by atoms with E-state index in [1.165, 1.54) is 0 Å². The molecule has 0 fully saturated rings. The summed E-state index contributed by atoms with van der Waals surface area (Å²) in [4.78, 5) is 33.8. The third-order valence-electron chi connectivity index (χ3n) is 2.59. The fourth-order valence-corrected chi connectivity index (χ4v) is 1.35. The first-order valence-electron chi connectivity index (χ1n) is 6.17. The van der Waals surface area contributed by atoms with Gasteiger partial charge in [-0.05, 0) is 6.42 Å². The van der Waals surface area contributed by atoms with E-state index >= 15 is 0 Å². The average molecular weight is 344 g/mol. The summed E-state index contributed by atoms with van der Waals surface area (Å²) in [6.07, 6.45) is -0.204. The summed E-state index contributed by atoms with van der Waals surface area (Å²) in [5.41, 5.74) is 5.34. The van der Waals surface area contributed by atoms with Crippen LogP contribution >= 0.6 is 23.2 Å². The Labute approximate surface area is 132 Å². The number of aliphatic hydroxyl groups excluding tert-OH is 1. The molecule has 0 aromatic rings. The van der Waals surface area contributed by atoms with E-state index in [1.54, 1.807) is 6.92 Å². The number of amides is 2. The molecule has 6 N–H and O–H groups in total. The van der Waals surface area contributed by atoms with Crippen LogP contribution in [0.4, 0.5) is 0 Å². The average Bonchev–Trinajstić information content (AvgIpc) is 2.41. The first kappa shape index (κ1) is 19.9. The second kappa shape index (κ2) is 9.04. The number of carboxylic acids is 1. The van der Waals surface area contributed by atoms with E-state index < -0.39 is 47.2 Å². The van der Waals surface area contributed by atoms with Gasteiger partial charge in [0.05, 0.1) is 25.6 Å². The van der Waals surface area contributed by atoms with E-state index in [2.05, 4.69) is 10.6 Å². The Hall–Kier alpha value is -1.09. The van der Waals surface area contributed by atoms with Crippen LogP contribution in [0.3, 0.4) is 0 Å². The summed E-state index contributed by atoms with van der Waals surface area (Å²) in [6.45, 7) is 0.975. The lowest BCUT2D eigenvalue weighted by Crippen LogP contribution is -2.54. The molecular formula is C11H19Cl2N3O5. The minimum absolute atomic E-state index is 0.0704. The predicted molar refractivity (Wildman–Crippen MR) is 77.0 cm³/mol. The zero-order chi connectivity index (χ0) is 16.6. The van der Waals surface area contributed by atoms with Crippen molar-refractivity contribution in [2.24, 2.45) is 5.73 Å². The van der Waals surface area contributed by atoms with Crippen molar-refractivity contribution in [1.29, 1.82) is 0 Å². The Balaban J connectivity index is 4.47. The van der Waals surface area contributed by atoms with Gasteiger partial charge in [-0.1, -0.05) is 30.1 Å². The van der Waals surface area contributed by atoms with Crippen molar-refractivity contribution in [3.05, 3.63) is 0 Å². The van der Waals surface area contributed by atoms with Crippen LogP contribution in [0.15, 0.2) is 0 Å². The molecule has 0 aromatic heterocycles. The minimum atomic E-state index is -1.32. The molecule has 0 rings (SSSR count). The molecule has 0 saturated carbocycles. The van der Waals surface area contributed by atoms with E-state index in [0.29, 0.717) is 6.42 Å². The quantitative estimate of drug-likeness (QED) is 0.339. The number of aliphatic carboxylic acids is 1. The Morgan fingerprint density at radius 2 is 1.86 bits per heavy atom. The van der Waals surface area contributed by atoms with Crippen molar-refractivity contribution < 1.29 is 24.6 Å². The zero-order valence-corrected chi connectivity index (χ0v) is 12.9. The minimum Gasteiger partial charge on any atom is -0.481 e.